The second-order valence-electron chi connectivity index (χ2n) is 4.43. The van der Waals surface area contributed by atoms with Gasteiger partial charge in [0.2, 0.25) is 10.0 Å². The number of aryl methyl sites for hydroxylation is 1. The number of sulfonamides is 1. The first-order chi connectivity index (χ1) is 8.24. The van der Waals surface area contributed by atoms with Crippen molar-refractivity contribution < 1.29 is 18.3 Å². The van der Waals surface area contributed by atoms with E-state index in [2.05, 4.69) is 4.72 Å². The van der Waals surface area contributed by atoms with Crippen LogP contribution in [0.15, 0.2) is 11.0 Å². The molecule has 0 amide bonds. The first kappa shape index (κ1) is 13.8. The summed E-state index contributed by atoms with van der Waals surface area (Å²) < 4.78 is 27.2. The molecule has 1 fully saturated rings. The van der Waals surface area contributed by atoms with Crippen LogP contribution in [0.5, 0.6) is 0 Å². The summed E-state index contributed by atoms with van der Waals surface area (Å²) in [6.07, 6.45) is 0.911. The topological polar surface area (TPSA) is 83.5 Å². The molecule has 0 radical (unpaired) electrons. The van der Waals surface area contributed by atoms with Crippen molar-refractivity contribution in [1.82, 2.24) is 4.72 Å². The molecule has 1 saturated carbocycles. The van der Waals surface area contributed by atoms with Crippen molar-refractivity contribution in [2.75, 3.05) is 0 Å². The van der Waals surface area contributed by atoms with Crippen LogP contribution in [0.3, 0.4) is 0 Å². The van der Waals surface area contributed by atoms with Crippen molar-refractivity contribution in [2.24, 2.45) is 0 Å². The number of aliphatic carboxylic acids is 1. The van der Waals surface area contributed by atoms with E-state index >= 15 is 0 Å². The van der Waals surface area contributed by atoms with Crippen LogP contribution in [-0.4, -0.2) is 25.0 Å². The van der Waals surface area contributed by atoms with Gasteiger partial charge in [-0.1, -0.05) is 11.6 Å². The van der Waals surface area contributed by atoms with E-state index < -0.39 is 21.5 Å². The highest BCUT2D eigenvalue weighted by Gasteiger charge is 2.48. The summed E-state index contributed by atoms with van der Waals surface area (Å²) >= 11 is 6.96. The molecule has 0 spiro atoms. The minimum Gasteiger partial charge on any atom is -0.481 e. The molecule has 1 aromatic rings. The first-order valence-corrected chi connectivity index (χ1v) is 7.94. The Morgan fingerprint density at radius 1 is 1.61 bits per heavy atom. The number of carbonyl (C=O) groups is 1. The van der Waals surface area contributed by atoms with Crippen molar-refractivity contribution in [3.05, 3.63) is 15.3 Å². The van der Waals surface area contributed by atoms with Crippen molar-refractivity contribution in [3.8, 4) is 0 Å². The average molecular weight is 310 g/mol. The van der Waals surface area contributed by atoms with Gasteiger partial charge in [0.15, 0.2) is 0 Å². The van der Waals surface area contributed by atoms with E-state index in [0.29, 0.717) is 22.1 Å². The van der Waals surface area contributed by atoms with Crippen molar-refractivity contribution in [1.29, 1.82) is 0 Å². The summed E-state index contributed by atoms with van der Waals surface area (Å²) in [5, 5.41) is 8.76. The maximum Gasteiger partial charge on any atom is 0.305 e. The van der Waals surface area contributed by atoms with Gasteiger partial charge < -0.3 is 5.11 Å². The molecule has 0 aromatic carbocycles. The summed E-state index contributed by atoms with van der Waals surface area (Å²) in [5.41, 5.74) is -0.814. The fourth-order valence-corrected chi connectivity index (χ4v) is 5.08. The maximum absolute atomic E-state index is 12.1. The van der Waals surface area contributed by atoms with Crippen LogP contribution < -0.4 is 4.72 Å². The maximum atomic E-state index is 12.1. The standard InChI is InChI=1S/C10H12ClNO4S2/c1-6-7(4-8(11)17-6)18(15,16)12-10(2-3-10)5-9(13)14/h4,12H,2-3,5H2,1H3,(H,13,14). The summed E-state index contributed by atoms with van der Waals surface area (Å²) in [4.78, 5) is 11.4. The molecule has 2 N–H and O–H groups in total. The average Bonchev–Trinajstić information content (AvgIpc) is 2.81. The highest BCUT2D eigenvalue weighted by atomic mass is 35.5. The molecule has 0 aliphatic heterocycles. The van der Waals surface area contributed by atoms with Gasteiger partial charge in [0.1, 0.15) is 0 Å². The molecule has 100 valence electrons. The van der Waals surface area contributed by atoms with Gasteiger partial charge in [0.25, 0.3) is 0 Å². The number of halogens is 1. The fourth-order valence-electron chi connectivity index (χ4n) is 1.79. The van der Waals surface area contributed by atoms with Crippen molar-refractivity contribution in [3.63, 3.8) is 0 Å². The number of rotatable bonds is 5. The molecule has 1 aromatic heterocycles. The lowest BCUT2D eigenvalue weighted by atomic mass is 10.2. The van der Waals surface area contributed by atoms with Crippen LogP contribution in [0, 0.1) is 6.92 Å². The summed E-state index contributed by atoms with van der Waals surface area (Å²) in [7, 11) is -3.70. The molecule has 5 nitrogen and oxygen atoms in total. The number of carboxylic acid groups (broad SMARTS) is 1. The van der Waals surface area contributed by atoms with Gasteiger partial charge in [0.05, 0.1) is 15.7 Å². The zero-order valence-corrected chi connectivity index (χ0v) is 12.0. The Hall–Kier alpha value is -0.630. The monoisotopic (exact) mass is 309 g/mol. The van der Waals surface area contributed by atoms with E-state index in [-0.39, 0.29) is 11.3 Å². The lowest BCUT2D eigenvalue weighted by Gasteiger charge is -2.15. The van der Waals surface area contributed by atoms with Crippen LogP contribution >= 0.6 is 22.9 Å². The Morgan fingerprint density at radius 3 is 2.61 bits per heavy atom. The zero-order chi connectivity index (χ0) is 13.6. The van der Waals surface area contributed by atoms with Crippen LogP contribution in [0.2, 0.25) is 4.34 Å². The molecule has 1 heterocycles. The van der Waals surface area contributed by atoms with Crippen LogP contribution in [0.1, 0.15) is 24.1 Å². The van der Waals surface area contributed by atoms with E-state index in [1.54, 1.807) is 6.92 Å². The molecule has 0 atom stereocenters. The summed E-state index contributed by atoms with van der Waals surface area (Å²) in [6.45, 7) is 1.67. The van der Waals surface area contributed by atoms with Crippen molar-refractivity contribution in [2.45, 2.75) is 36.6 Å². The van der Waals surface area contributed by atoms with Crippen molar-refractivity contribution >= 4 is 38.9 Å². The number of hydrogen-bond acceptors (Lipinski definition) is 4. The third-order valence-electron chi connectivity index (χ3n) is 2.83. The third kappa shape index (κ3) is 2.85. The molecule has 18 heavy (non-hydrogen) atoms. The van der Waals surface area contributed by atoms with Crippen LogP contribution in [0.4, 0.5) is 0 Å². The van der Waals surface area contributed by atoms with Gasteiger partial charge in [-0.3, -0.25) is 4.79 Å². The van der Waals surface area contributed by atoms with Gasteiger partial charge in [-0.25, -0.2) is 13.1 Å². The number of hydrogen-bond donors (Lipinski definition) is 2. The Labute approximate surface area is 114 Å². The second-order valence-corrected chi connectivity index (χ2v) is 7.97. The Morgan fingerprint density at radius 2 is 2.22 bits per heavy atom. The lowest BCUT2D eigenvalue weighted by molar-refractivity contribution is -0.137. The fraction of sp³-hybridized carbons (Fsp3) is 0.500. The summed E-state index contributed by atoms with van der Waals surface area (Å²) in [5.74, 6) is -1.00. The number of nitrogens with one attached hydrogen (secondary N) is 1. The van der Waals surface area contributed by atoms with E-state index in [9.17, 15) is 13.2 Å². The highest BCUT2D eigenvalue weighted by Crippen LogP contribution is 2.41. The normalized spacial score (nSPS) is 17.7. The van der Waals surface area contributed by atoms with E-state index in [1.165, 1.54) is 17.4 Å². The van der Waals surface area contributed by atoms with E-state index in [0.717, 1.165) is 0 Å². The smallest absolute Gasteiger partial charge is 0.305 e. The molecule has 0 unspecified atom stereocenters. The molecule has 1 aliphatic carbocycles. The largest absolute Gasteiger partial charge is 0.481 e. The molecular formula is C10H12ClNO4S2. The zero-order valence-electron chi connectivity index (χ0n) is 9.57. The lowest BCUT2D eigenvalue weighted by Crippen LogP contribution is -2.38. The third-order valence-corrected chi connectivity index (χ3v) is 5.84. The van der Waals surface area contributed by atoms with Gasteiger partial charge in [0, 0.05) is 10.4 Å². The number of carboxylic acids is 1. The Bertz CT molecular complexity index is 589. The molecule has 1 aliphatic rings. The minimum atomic E-state index is -3.70. The molecule has 2 rings (SSSR count). The predicted molar refractivity (Wildman–Crippen MR) is 68.6 cm³/mol. The first-order valence-electron chi connectivity index (χ1n) is 5.26. The minimum absolute atomic E-state index is 0.133. The second kappa shape index (κ2) is 4.48. The quantitative estimate of drug-likeness (QED) is 0.871. The van der Waals surface area contributed by atoms with Crippen LogP contribution in [0.25, 0.3) is 0 Å². The Balaban J connectivity index is 2.23. The van der Waals surface area contributed by atoms with E-state index in [4.69, 9.17) is 16.7 Å². The van der Waals surface area contributed by atoms with Gasteiger partial charge >= 0.3 is 5.97 Å². The highest BCUT2D eigenvalue weighted by molar-refractivity contribution is 7.89. The van der Waals surface area contributed by atoms with Gasteiger partial charge in [-0.2, -0.15) is 0 Å². The van der Waals surface area contributed by atoms with E-state index in [1.807, 2.05) is 0 Å². The molecule has 0 bridgehead atoms. The number of thiophene rings is 1. The van der Waals surface area contributed by atoms with Crippen LogP contribution in [-0.2, 0) is 14.8 Å². The van der Waals surface area contributed by atoms with Gasteiger partial charge in [-0.15, -0.1) is 11.3 Å². The molecule has 8 heteroatoms. The molecule has 0 saturated heterocycles. The SMILES string of the molecule is Cc1sc(Cl)cc1S(=O)(=O)NC1(CC(=O)O)CC1. The summed E-state index contributed by atoms with van der Waals surface area (Å²) in [6, 6.07) is 1.39. The van der Waals surface area contributed by atoms with Gasteiger partial charge in [-0.05, 0) is 25.8 Å². The predicted octanol–water partition coefficient (Wildman–Crippen LogP) is 2.00. The molecular weight excluding hydrogens is 298 g/mol. The Kier molecular flexibility index (Phi) is 3.44.